The van der Waals surface area contributed by atoms with Crippen LogP contribution in [0.1, 0.15) is 50.4 Å². The van der Waals surface area contributed by atoms with Crippen LogP contribution in [-0.4, -0.2) is 14.5 Å². The lowest BCUT2D eigenvalue weighted by atomic mass is 9.79. The second kappa shape index (κ2) is 4.76. The Morgan fingerprint density at radius 2 is 1.90 bits per heavy atom. The Labute approximate surface area is 120 Å². The molecule has 3 unspecified atom stereocenters. The summed E-state index contributed by atoms with van der Waals surface area (Å²) < 4.78 is 2.41. The molecule has 1 saturated carbocycles. The summed E-state index contributed by atoms with van der Waals surface area (Å²) in [6, 6.07) is 0.548. The Hall–Kier alpha value is -1.58. The summed E-state index contributed by atoms with van der Waals surface area (Å²) in [5.41, 5.74) is 9.58. The van der Waals surface area contributed by atoms with Crippen molar-refractivity contribution in [2.24, 2.45) is 11.8 Å². The van der Waals surface area contributed by atoms with Crippen LogP contribution >= 0.6 is 0 Å². The molecule has 0 saturated heterocycles. The van der Waals surface area contributed by atoms with Gasteiger partial charge in [-0.2, -0.15) is 0 Å². The van der Waals surface area contributed by atoms with Gasteiger partial charge in [-0.05, 0) is 50.5 Å². The molecule has 0 spiro atoms. The fraction of sp³-hybridized carbons (Fsp3) is 0.625. The van der Waals surface area contributed by atoms with E-state index in [0.29, 0.717) is 11.9 Å². The van der Waals surface area contributed by atoms with E-state index in [-0.39, 0.29) is 0 Å². The van der Waals surface area contributed by atoms with Crippen molar-refractivity contribution in [2.45, 2.75) is 53.0 Å². The van der Waals surface area contributed by atoms with E-state index in [9.17, 15) is 0 Å². The van der Waals surface area contributed by atoms with Crippen LogP contribution in [0.5, 0.6) is 0 Å². The molecular weight excluding hydrogens is 248 g/mol. The minimum atomic E-state index is 0.548. The van der Waals surface area contributed by atoms with E-state index in [1.807, 2.05) is 0 Å². The van der Waals surface area contributed by atoms with Crippen molar-refractivity contribution in [3.63, 3.8) is 0 Å². The van der Waals surface area contributed by atoms with Gasteiger partial charge in [0.15, 0.2) is 0 Å². The molecule has 1 aliphatic rings. The van der Waals surface area contributed by atoms with E-state index in [4.69, 9.17) is 5.73 Å². The van der Waals surface area contributed by atoms with Crippen LogP contribution in [0, 0.1) is 25.7 Å². The second-order valence-electron chi connectivity index (χ2n) is 6.46. The first-order chi connectivity index (χ1) is 9.50. The van der Waals surface area contributed by atoms with Gasteiger partial charge < -0.3 is 10.3 Å². The zero-order chi connectivity index (χ0) is 14.4. The number of nitrogens with two attached hydrogens (primary N) is 1. The maximum Gasteiger partial charge on any atom is 0.146 e. The van der Waals surface area contributed by atoms with E-state index in [1.54, 1.807) is 6.33 Å². The number of hydrogen-bond acceptors (Lipinski definition) is 3. The first-order valence-electron chi connectivity index (χ1n) is 7.58. The van der Waals surface area contributed by atoms with Gasteiger partial charge >= 0.3 is 0 Å². The second-order valence-corrected chi connectivity index (χ2v) is 6.46. The zero-order valence-corrected chi connectivity index (χ0v) is 12.8. The van der Waals surface area contributed by atoms with Crippen LogP contribution in [-0.2, 0) is 0 Å². The van der Waals surface area contributed by atoms with Crippen LogP contribution < -0.4 is 5.73 Å². The Kier molecular flexibility index (Phi) is 3.19. The van der Waals surface area contributed by atoms with Crippen molar-refractivity contribution in [3.8, 4) is 0 Å². The summed E-state index contributed by atoms with van der Waals surface area (Å²) in [4.78, 5) is 8.66. The molecular formula is C16H24N4. The lowest BCUT2D eigenvalue weighted by molar-refractivity contribution is 0.212. The third-order valence-electron chi connectivity index (χ3n) is 5.30. The van der Waals surface area contributed by atoms with Gasteiger partial charge in [0, 0.05) is 11.7 Å². The van der Waals surface area contributed by atoms with Crippen LogP contribution in [0.3, 0.4) is 0 Å². The normalized spacial score (nSPS) is 27.1. The number of aromatic nitrogens is 3. The van der Waals surface area contributed by atoms with Gasteiger partial charge in [-0.3, -0.25) is 0 Å². The van der Waals surface area contributed by atoms with Crippen LogP contribution in [0.4, 0.5) is 5.82 Å². The highest BCUT2D eigenvalue weighted by Crippen LogP contribution is 2.40. The maximum atomic E-state index is 6.05. The van der Waals surface area contributed by atoms with E-state index in [0.717, 1.165) is 22.9 Å². The molecule has 0 aromatic carbocycles. The molecule has 1 aliphatic carbocycles. The van der Waals surface area contributed by atoms with Crippen molar-refractivity contribution >= 4 is 16.9 Å². The maximum absolute atomic E-state index is 6.05. The summed E-state index contributed by atoms with van der Waals surface area (Å²) in [5.74, 6) is 2.20. The van der Waals surface area contributed by atoms with Crippen LogP contribution in [0.15, 0.2) is 6.33 Å². The Balaban J connectivity index is 2.12. The van der Waals surface area contributed by atoms with Gasteiger partial charge in [-0.25, -0.2) is 9.97 Å². The minimum Gasteiger partial charge on any atom is -0.383 e. The van der Waals surface area contributed by atoms with Crippen molar-refractivity contribution in [1.82, 2.24) is 14.5 Å². The molecule has 0 bridgehead atoms. The van der Waals surface area contributed by atoms with Gasteiger partial charge in [0.05, 0.1) is 5.39 Å². The Morgan fingerprint density at radius 3 is 2.60 bits per heavy atom. The lowest BCUT2D eigenvalue weighted by Gasteiger charge is -2.34. The predicted octanol–water partition coefficient (Wildman–Crippen LogP) is 3.63. The summed E-state index contributed by atoms with van der Waals surface area (Å²) in [7, 11) is 0. The minimum absolute atomic E-state index is 0.548. The summed E-state index contributed by atoms with van der Waals surface area (Å²) >= 11 is 0. The van der Waals surface area contributed by atoms with E-state index in [2.05, 4.69) is 42.2 Å². The molecule has 0 amide bonds. The highest BCUT2D eigenvalue weighted by atomic mass is 15.1. The van der Waals surface area contributed by atoms with E-state index in [1.165, 1.54) is 30.5 Å². The standard InChI is InChI=1S/C16H24N4/c1-9-5-6-13(7-10(9)2)20-12(4)11(3)14-15(17)18-8-19-16(14)20/h8-10,13H,5-7H2,1-4H3,(H2,17,18,19). The lowest BCUT2D eigenvalue weighted by Crippen LogP contribution is -2.24. The summed E-state index contributed by atoms with van der Waals surface area (Å²) in [6.07, 6.45) is 5.35. The summed E-state index contributed by atoms with van der Waals surface area (Å²) in [6.45, 7) is 9.04. The Morgan fingerprint density at radius 1 is 1.15 bits per heavy atom. The molecule has 20 heavy (non-hydrogen) atoms. The van der Waals surface area contributed by atoms with Gasteiger partial charge in [-0.15, -0.1) is 0 Å². The predicted molar refractivity (Wildman–Crippen MR) is 82.6 cm³/mol. The van der Waals surface area contributed by atoms with Crippen LogP contribution in [0.25, 0.3) is 11.0 Å². The fourth-order valence-electron chi connectivity index (χ4n) is 3.65. The molecule has 2 aromatic heterocycles. The SMILES string of the molecule is Cc1c(C)n(C2CCC(C)C(C)C2)c2ncnc(N)c12. The van der Waals surface area contributed by atoms with Gasteiger partial charge in [-0.1, -0.05) is 13.8 Å². The first kappa shape index (κ1) is 13.4. The van der Waals surface area contributed by atoms with Crippen molar-refractivity contribution in [2.75, 3.05) is 5.73 Å². The highest BCUT2D eigenvalue weighted by Gasteiger charge is 2.28. The monoisotopic (exact) mass is 272 g/mol. The Bertz CT molecular complexity index is 643. The number of aryl methyl sites for hydroxylation is 1. The molecule has 108 valence electrons. The van der Waals surface area contributed by atoms with Gasteiger partial charge in [0.2, 0.25) is 0 Å². The largest absolute Gasteiger partial charge is 0.383 e. The molecule has 0 aliphatic heterocycles. The molecule has 3 rings (SSSR count). The van der Waals surface area contributed by atoms with Crippen molar-refractivity contribution < 1.29 is 0 Å². The topological polar surface area (TPSA) is 56.7 Å². The smallest absolute Gasteiger partial charge is 0.146 e. The zero-order valence-electron chi connectivity index (χ0n) is 12.8. The number of nitrogens with zero attached hydrogens (tertiary/aromatic N) is 3. The van der Waals surface area contributed by atoms with Crippen molar-refractivity contribution in [1.29, 1.82) is 0 Å². The number of anilines is 1. The molecule has 2 N–H and O–H groups in total. The number of hydrogen-bond donors (Lipinski definition) is 1. The van der Waals surface area contributed by atoms with Gasteiger partial charge in [0.25, 0.3) is 0 Å². The van der Waals surface area contributed by atoms with E-state index < -0.39 is 0 Å². The van der Waals surface area contributed by atoms with Crippen LogP contribution in [0.2, 0.25) is 0 Å². The highest BCUT2D eigenvalue weighted by molar-refractivity contribution is 5.90. The first-order valence-corrected chi connectivity index (χ1v) is 7.58. The molecule has 2 aromatic rings. The van der Waals surface area contributed by atoms with Gasteiger partial charge in [0.1, 0.15) is 17.8 Å². The van der Waals surface area contributed by atoms with Crippen molar-refractivity contribution in [3.05, 3.63) is 17.6 Å². The quantitative estimate of drug-likeness (QED) is 0.862. The molecule has 4 heteroatoms. The molecule has 3 atom stereocenters. The number of rotatable bonds is 1. The molecule has 0 radical (unpaired) electrons. The molecule has 1 fully saturated rings. The molecule has 4 nitrogen and oxygen atoms in total. The number of nitrogen functional groups attached to an aromatic ring is 1. The number of fused-ring (bicyclic) bond motifs is 1. The van der Waals surface area contributed by atoms with E-state index >= 15 is 0 Å². The summed E-state index contributed by atoms with van der Waals surface area (Å²) in [5, 5.41) is 1.04. The molecule has 2 heterocycles. The third kappa shape index (κ3) is 1.89. The third-order valence-corrected chi connectivity index (χ3v) is 5.30. The average molecular weight is 272 g/mol. The average Bonchev–Trinajstić information content (AvgIpc) is 2.67. The fourth-order valence-corrected chi connectivity index (χ4v) is 3.65.